The molecule has 4 rings (SSSR count). The molecule has 0 fully saturated rings. The van der Waals surface area contributed by atoms with Crippen LogP contribution in [0.15, 0.2) is 79.4 Å². The number of furan rings is 1. The fourth-order valence-electron chi connectivity index (χ4n) is 3.94. The number of nitrogens with zero attached hydrogens (tertiary/aromatic N) is 4. The van der Waals surface area contributed by atoms with Crippen molar-refractivity contribution >= 4 is 34.6 Å². The number of azo groups is 1. The van der Waals surface area contributed by atoms with Crippen molar-refractivity contribution in [2.75, 3.05) is 5.32 Å². The summed E-state index contributed by atoms with van der Waals surface area (Å²) in [7, 11) is 0. The summed E-state index contributed by atoms with van der Waals surface area (Å²) >= 11 is 0. The van der Waals surface area contributed by atoms with Gasteiger partial charge in [0, 0.05) is 23.2 Å². The quantitative estimate of drug-likeness (QED) is 0.209. The molecule has 0 atom stereocenters. The molecule has 0 saturated heterocycles. The van der Waals surface area contributed by atoms with E-state index in [4.69, 9.17) is 15.9 Å². The molecule has 2 aromatic carbocycles. The second-order valence-electron chi connectivity index (χ2n) is 8.98. The molecule has 0 unspecified atom stereocenters. The molecular weight excluding hydrogens is 430 g/mol. The van der Waals surface area contributed by atoms with Crippen LogP contribution in [0.4, 0.5) is 17.1 Å². The molecule has 1 aromatic heterocycles. The lowest BCUT2D eigenvalue weighted by Gasteiger charge is -2.29. The average Bonchev–Trinajstić information content (AvgIpc) is 3.12. The van der Waals surface area contributed by atoms with Gasteiger partial charge in [-0.2, -0.15) is 15.3 Å². The summed E-state index contributed by atoms with van der Waals surface area (Å²) in [5.41, 5.74) is 15.1. The van der Waals surface area contributed by atoms with Crippen molar-refractivity contribution in [1.29, 1.82) is 0 Å². The van der Waals surface area contributed by atoms with Gasteiger partial charge in [0.05, 0.1) is 17.1 Å². The first-order valence-corrected chi connectivity index (χ1v) is 10.9. The average molecular weight is 458 g/mol. The first-order chi connectivity index (χ1) is 16.2. The maximum absolute atomic E-state index is 13.0. The van der Waals surface area contributed by atoms with Crippen LogP contribution >= 0.6 is 0 Å². The third kappa shape index (κ3) is 5.20. The molecule has 1 amide bonds. The Balaban J connectivity index is 1.54. The highest BCUT2D eigenvalue weighted by Crippen LogP contribution is 2.39. The summed E-state index contributed by atoms with van der Waals surface area (Å²) in [6, 6.07) is 16.6. The molecule has 3 aromatic rings. The molecule has 1 aliphatic carbocycles. The number of anilines is 1. The van der Waals surface area contributed by atoms with Crippen LogP contribution in [0.3, 0.4) is 0 Å². The van der Waals surface area contributed by atoms with Gasteiger partial charge in [-0.1, -0.05) is 32.0 Å². The fraction of sp³-hybridized carbons (Fsp3) is 0.240. The third-order valence-corrected chi connectivity index (χ3v) is 5.45. The van der Waals surface area contributed by atoms with Gasteiger partial charge in [-0.05, 0) is 55.2 Å². The van der Waals surface area contributed by atoms with E-state index in [2.05, 4.69) is 39.6 Å². The lowest BCUT2D eigenvalue weighted by molar-refractivity contribution is 0.0993. The van der Waals surface area contributed by atoms with Crippen LogP contribution in [-0.4, -0.2) is 17.6 Å². The van der Waals surface area contributed by atoms with E-state index in [1.807, 2.05) is 37.3 Å². The highest BCUT2D eigenvalue weighted by atomic mass is 16.4. The Morgan fingerprint density at radius 2 is 1.62 bits per heavy atom. The van der Waals surface area contributed by atoms with Crippen LogP contribution in [0.25, 0.3) is 0 Å². The molecule has 34 heavy (non-hydrogen) atoms. The molecule has 0 spiro atoms. The van der Waals surface area contributed by atoms with Gasteiger partial charge in [0.15, 0.2) is 5.76 Å². The van der Waals surface area contributed by atoms with Crippen molar-refractivity contribution < 1.29 is 9.21 Å². The Bertz CT molecular complexity index is 1280. The van der Waals surface area contributed by atoms with E-state index < -0.39 is 0 Å². The summed E-state index contributed by atoms with van der Waals surface area (Å²) < 4.78 is 6.02. The standard InChI is InChI=1S/C25H27N7O2/c1-15-21-19(31-32-24(26)27)13-25(2,3)14-20(21)34-22(15)23(33)28-16-9-11-18(12-10-16)30-29-17-7-5-4-6-8-17/h4-12H,13-14H2,1-3H3,(H,28,33)(H4,26,27,32). The van der Waals surface area contributed by atoms with Gasteiger partial charge in [-0.15, -0.1) is 5.10 Å². The first-order valence-electron chi connectivity index (χ1n) is 10.9. The largest absolute Gasteiger partial charge is 0.455 e. The fourth-order valence-corrected chi connectivity index (χ4v) is 3.94. The van der Waals surface area contributed by atoms with Gasteiger partial charge in [0.1, 0.15) is 5.76 Å². The minimum atomic E-state index is -0.343. The summed E-state index contributed by atoms with van der Waals surface area (Å²) in [4.78, 5) is 13.0. The minimum Gasteiger partial charge on any atom is -0.455 e. The monoisotopic (exact) mass is 457 g/mol. The second kappa shape index (κ2) is 9.30. The maximum Gasteiger partial charge on any atom is 0.291 e. The molecule has 9 heteroatoms. The van der Waals surface area contributed by atoms with Gasteiger partial charge in [0.25, 0.3) is 5.91 Å². The lowest BCUT2D eigenvalue weighted by Crippen LogP contribution is -2.27. The van der Waals surface area contributed by atoms with Crippen LogP contribution in [0.1, 0.15) is 47.7 Å². The normalized spacial score (nSPS) is 15.8. The number of amides is 1. The summed E-state index contributed by atoms with van der Waals surface area (Å²) in [6.07, 6.45) is 1.34. The van der Waals surface area contributed by atoms with Crippen molar-refractivity contribution in [1.82, 2.24) is 0 Å². The van der Waals surface area contributed by atoms with Crippen LogP contribution in [0.2, 0.25) is 0 Å². The molecule has 0 radical (unpaired) electrons. The maximum atomic E-state index is 13.0. The Labute approximate surface area is 197 Å². The number of nitrogens with one attached hydrogen (secondary N) is 1. The van der Waals surface area contributed by atoms with E-state index in [-0.39, 0.29) is 23.0 Å². The van der Waals surface area contributed by atoms with Crippen LogP contribution in [0.5, 0.6) is 0 Å². The van der Waals surface area contributed by atoms with Gasteiger partial charge >= 0.3 is 0 Å². The van der Waals surface area contributed by atoms with Gasteiger partial charge in [-0.3, -0.25) is 4.79 Å². The molecule has 1 heterocycles. The van der Waals surface area contributed by atoms with Crippen LogP contribution in [0, 0.1) is 12.3 Å². The van der Waals surface area contributed by atoms with Crippen LogP contribution in [-0.2, 0) is 6.42 Å². The molecule has 0 bridgehead atoms. The van der Waals surface area contributed by atoms with Crippen molar-refractivity contribution in [3.05, 3.63) is 77.2 Å². The number of hydrogen-bond acceptors (Lipinski definition) is 6. The number of guanidine groups is 1. The van der Waals surface area contributed by atoms with E-state index in [0.717, 1.165) is 11.3 Å². The molecule has 5 N–H and O–H groups in total. The van der Waals surface area contributed by atoms with Crippen molar-refractivity contribution in [2.24, 2.45) is 37.3 Å². The molecule has 174 valence electrons. The topological polar surface area (TPSA) is 144 Å². The van der Waals surface area contributed by atoms with E-state index in [9.17, 15) is 4.79 Å². The smallest absolute Gasteiger partial charge is 0.291 e. The van der Waals surface area contributed by atoms with Gasteiger partial charge < -0.3 is 21.2 Å². The molecular formula is C25H27N7O2. The Morgan fingerprint density at radius 1 is 0.971 bits per heavy atom. The second-order valence-corrected chi connectivity index (χ2v) is 8.98. The Morgan fingerprint density at radius 3 is 2.26 bits per heavy atom. The number of nitrogens with two attached hydrogens (primary N) is 2. The number of hydrogen-bond donors (Lipinski definition) is 3. The highest BCUT2D eigenvalue weighted by Gasteiger charge is 2.36. The SMILES string of the molecule is Cc1c(C(=O)Nc2ccc(N=Nc3ccccc3)cc2)oc2c1C(=NN=C(N)N)CC(C)(C)C2. The van der Waals surface area contributed by atoms with Crippen molar-refractivity contribution in [3.8, 4) is 0 Å². The summed E-state index contributed by atoms with van der Waals surface area (Å²) in [6.45, 7) is 6.05. The van der Waals surface area contributed by atoms with E-state index in [0.29, 0.717) is 41.3 Å². The van der Waals surface area contributed by atoms with Gasteiger partial charge in [0.2, 0.25) is 5.96 Å². The van der Waals surface area contributed by atoms with Crippen LogP contribution < -0.4 is 16.8 Å². The summed E-state index contributed by atoms with van der Waals surface area (Å²) in [5, 5.41) is 19.3. The zero-order chi connectivity index (χ0) is 24.3. The van der Waals surface area contributed by atoms with E-state index in [1.165, 1.54) is 0 Å². The number of carbonyl (C=O) groups excluding carboxylic acids is 1. The number of benzene rings is 2. The Hall–Kier alpha value is -4.27. The Kier molecular flexibility index (Phi) is 6.27. The highest BCUT2D eigenvalue weighted by molar-refractivity contribution is 6.09. The zero-order valence-electron chi connectivity index (χ0n) is 19.4. The van der Waals surface area contributed by atoms with E-state index >= 15 is 0 Å². The molecule has 9 nitrogen and oxygen atoms in total. The first kappa shape index (κ1) is 22.9. The minimum absolute atomic E-state index is 0.104. The lowest BCUT2D eigenvalue weighted by atomic mass is 9.75. The van der Waals surface area contributed by atoms with Gasteiger partial charge in [-0.25, -0.2) is 0 Å². The van der Waals surface area contributed by atoms with Crippen molar-refractivity contribution in [2.45, 2.75) is 33.6 Å². The molecule has 1 aliphatic rings. The van der Waals surface area contributed by atoms with E-state index in [1.54, 1.807) is 24.3 Å². The molecule has 0 saturated carbocycles. The number of carbonyl (C=O) groups is 1. The predicted octanol–water partition coefficient (Wildman–Crippen LogP) is 5.21. The zero-order valence-corrected chi connectivity index (χ0v) is 19.4. The van der Waals surface area contributed by atoms with Crippen molar-refractivity contribution in [3.63, 3.8) is 0 Å². The predicted molar refractivity (Wildman–Crippen MR) is 133 cm³/mol. The number of fused-ring (bicyclic) bond motifs is 1. The third-order valence-electron chi connectivity index (χ3n) is 5.45. The number of rotatable bonds is 5. The molecule has 0 aliphatic heterocycles. The summed E-state index contributed by atoms with van der Waals surface area (Å²) in [5.74, 6) is 0.487.